The van der Waals surface area contributed by atoms with Crippen LogP contribution in [-0.2, 0) is 9.59 Å². The van der Waals surface area contributed by atoms with E-state index in [9.17, 15) is 9.59 Å². The lowest BCUT2D eigenvalue weighted by atomic mass is 10.2. The Bertz CT molecular complexity index is 724. The molecule has 1 aliphatic rings. The highest BCUT2D eigenvalue weighted by molar-refractivity contribution is 5.93. The second-order valence-electron chi connectivity index (χ2n) is 4.69. The van der Waals surface area contributed by atoms with Crippen molar-refractivity contribution in [2.24, 2.45) is 0 Å². The molecule has 1 aromatic carbocycles. The van der Waals surface area contributed by atoms with Crippen LogP contribution in [0.25, 0.3) is 6.08 Å². The zero-order valence-corrected chi connectivity index (χ0v) is 12.0. The Kier molecular flexibility index (Phi) is 4.28. The van der Waals surface area contributed by atoms with Crippen molar-refractivity contribution in [3.05, 3.63) is 54.5 Å². The Balaban J connectivity index is 1.49. The first kappa shape index (κ1) is 14.7. The van der Waals surface area contributed by atoms with Crippen LogP contribution < -0.4 is 20.3 Å². The van der Waals surface area contributed by atoms with Crippen molar-refractivity contribution in [2.75, 3.05) is 6.61 Å². The predicted molar refractivity (Wildman–Crippen MR) is 80.4 cm³/mol. The predicted octanol–water partition coefficient (Wildman–Crippen LogP) is 1.28. The molecular formula is C16H14N2O5. The SMILES string of the molecule is O=C(/C=C/c1ccco1)NNC(=O)[C@@H]1COc2ccccc2O1. The second-order valence-corrected chi connectivity index (χ2v) is 4.69. The van der Waals surface area contributed by atoms with Crippen LogP contribution in [0.1, 0.15) is 5.76 Å². The average molecular weight is 314 g/mol. The second kappa shape index (κ2) is 6.69. The van der Waals surface area contributed by atoms with Gasteiger partial charge in [0.2, 0.25) is 6.10 Å². The first-order valence-corrected chi connectivity index (χ1v) is 6.92. The van der Waals surface area contributed by atoms with E-state index in [-0.39, 0.29) is 6.61 Å². The topological polar surface area (TPSA) is 89.8 Å². The molecule has 1 aromatic heterocycles. The summed E-state index contributed by atoms with van der Waals surface area (Å²) >= 11 is 0. The highest BCUT2D eigenvalue weighted by Crippen LogP contribution is 2.30. The number of carbonyl (C=O) groups excluding carboxylic acids is 2. The van der Waals surface area contributed by atoms with Crippen molar-refractivity contribution < 1.29 is 23.5 Å². The Labute approximate surface area is 131 Å². The first-order valence-electron chi connectivity index (χ1n) is 6.92. The van der Waals surface area contributed by atoms with Crippen molar-refractivity contribution in [3.63, 3.8) is 0 Å². The molecule has 0 bridgehead atoms. The van der Waals surface area contributed by atoms with Crippen molar-refractivity contribution in [3.8, 4) is 11.5 Å². The number of hydrogen-bond acceptors (Lipinski definition) is 5. The maximum absolute atomic E-state index is 12.0. The molecule has 23 heavy (non-hydrogen) atoms. The van der Waals surface area contributed by atoms with Crippen LogP contribution in [0.4, 0.5) is 0 Å². The van der Waals surface area contributed by atoms with Gasteiger partial charge in [0.1, 0.15) is 12.4 Å². The van der Waals surface area contributed by atoms with Gasteiger partial charge in [0, 0.05) is 6.08 Å². The van der Waals surface area contributed by atoms with Gasteiger partial charge in [-0.2, -0.15) is 0 Å². The summed E-state index contributed by atoms with van der Waals surface area (Å²) in [4.78, 5) is 23.6. The van der Waals surface area contributed by atoms with E-state index in [0.29, 0.717) is 17.3 Å². The van der Waals surface area contributed by atoms with Gasteiger partial charge in [-0.05, 0) is 30.3 Å². The van der Waals surface area contributed by atoms with E-state index < -0.39 is 17.9 Å². The summed E-state index contributed by atoms with van der Waals surface area (Å²) < 4.78 is 16.0. The molecule has 0 saturated carbocycles. The van der Waals surface area contributed by atoms with Crippen LogP contribution in [0.5, 0.6) is 11.5 Å². The molecule has 1 atom stereocenters. The van der Waals surface area contributed by atoms with Gasteiger partial charge in [-0.15, -0.1) is 0 Å². The van der Waals surface area contributed by atoms with Gasteiger partial charge in [0.25, 0.3) is 11.8 Å². The highest BCUT2D eigenvalue weighted by atomic mass is 16.6. The molecule has 7 heteroatoms. The van der Waals surface area contributed by atoms with Crippen LogP contribution in [0.15, 0.2) is 53.2 Å². The minimum Gasteiger partial charge on any atom is -0.485 e. The van der Waals surface area contributed by atoms with E-state index in [2.05, 4.69) is 10.9 Å². The summed E-state index contributed by atoms with van der Waals surface area (Å²) in [5, 5.41) is 0. The van der Waals surface area contributed by atoms with Crippen molar-refractivity contribution >= 4 is 17.9 Å². The number of hydrazine groups is 1. The standard InChI is InChI=1S/C16H14N2O5/c19-15(8-7-11-4-3-9-21-11)17-18-16(20)14-10-22-12-5-1-2-6-13(12)23-14/h1-9,14H,10H2,(H,17,19)(H,18,20)/b8-7+/t14-/m0/s1. The smallest absolute Gasteiger partial charge is 0.283 e. The van der Waals surface area contributed by atoms with Gasteiger partial charge in [-0.25, -0.2) is 0 Å². The van der Waals surface area contributed by atoms with Gasteiger partial charge < -0.3 is 13.9 Å². The third-order valence-corrected chi connectivity index (χ3v) is 3.05. The molecule has 118 valence electrons. The normalized spacial score (nSPS) is 16.1. The van der Waals surface area contributed by atoms with Gasteiger partial charge in [-0.3, -0.25) is 20.4 Å². The third-order valence-electron chi connectivity index (χ3n) is 3.05. The number of nitrogens with one attached hydrogen (secondary N) is 2. The van der Waals surface area contributed by atoms with E-state index in [1.165, 1.54) is 18.4 Å². The summed E-state index contributed by atoms with van der Waals surface area (Å²) in [6, 6.07) is 10.5. The number of rotatable bonds is 3. The molecule has 7 nitrogen and oxygen atoms in total. The van der Waals surface area contributed by atoms with E-state index in [0.717, 1.165) is 0 Å². The Hall–Kier alpha value is -3.22. The van der Waals surface area contributed by atoms with E-state index >= 15 is 0 Å². The highest BCUT2D eigenvalue weighted by Gasteiger charge is 2.27. The zero-order valence-electron chi connectivity index (χ0n) is 12.0. The van der Waals surface area contributed by atoms with Crippen LogP contribution >= 0.6 is 0 Å². The number of furan rings is 1. The van der Waals surface area contributed by atoms with Crippen molar-refractivity contribution in [1.82, 2.24) is 10.9 Å². The summed E-state index contributed by atoms with van der Waals surface area (Å²) in [7, 11) is 0. The quantitative estimate of drug-likeness (QED) is 0.658. The maximum atomic E-state index is 12.0. The lowest BCUT2D eigenvalue weighted by Crippen LogP contribution is -2.50. The molecular weight excluding hydrogens is 300 g/mol. The van der Waals surface area contributed by atoms with E-state index in [1.807, 2.05) is 6.07 Å². The summed E-state index contributed by atoms with van der Waals surface area (Å²) in [5.74, 6) is 0.614. The van der Waals surface area contributed by atoms with Crippen LogP contribution in [0.2, 0.25) is 0 Å². The first-order chi connectivity index (χ1) is 11.2. The molecule has 0 unspecified atom stereocenters. The number of amides is 2. The number of hydrogen-bond donors (Lipinski definition) is 2. The Morgan fingerprint density at radius 2 is 1.91 bits per heavy atom. The zero-order chi connectivity index (χ0) is 16.1. The monoisotopic (exact) mass is 314 g/mol. The number of carbonyl (C=O) groups is 2. The molecule has 3 rings (SSSR count). The molecule has 2 N–H and O–H groups in total. The average Bonchev–Trinajstić information content (AvgIpc) is 3.11. The fourth-order valence-corrected chi connectivity index (χ4v) is 1.94. The molecule has 1 aliphatic heterocycles. The Morgan fingerprint density at radius 3 is 2.70 bits per heavy atom. The largest absolute Gasteiger partial charge is 0.485 e. The fraction of sp³-hybridized carbons (Fsp3) is 0.125. The molecule has 0 saturated heterocycles. The van der Waals surface area contributed by atoms with Crippen molar-refractivity contribution in [1.29, 1.82) is 0 Å². The number of fused-ring (bicyclic) bond motifs is 1. The van der Waals surface area contributed by atoms with Crippen molar-refractivity contribution in [2.45, 2.75) is 6.10 Å². The summed E-state index contributed by atoms with van der Waals surface area (Å²) in [6.07, 6.45) is 3.39. The van der Waals surface area contributed by atoms with Gasteiger partial charge in [0.05, 0.1) is 6.26 Å². The Morgan fingerprint density at radius 1 is 1.09 bits per heavy atom. The molecule has 2 aromatic rings. The molecule has 2 heterocycles. The molecule has 0 fully saturated rings. The van der Waals surface area contributed by atoms with Crippen LogP contribution in [-0.4, -0.2) is 24.5 Å². The number of ether oxygens (including phenoxy) is 2. The minimum atomic E-state index is -0.834. The maximum Gasteiger partial charge on any atom is 0.283 e. The van der Waals surface area contributed by atoms with E-state index in [4.69, 9.17) is 13.9 Å². The van der Waals surface area contributed by atoms with Gasteiger partial charge >= 0.3 is 0 Å². The minimum absolute atomic E-state index is 0.0704. The number of para-hydroxylation sites is 2. The molecule has 2 amide bonds. The fourth-order valence-electron chi connectivity index (χ4n) is 1.94. The molecule has 0 radical (unpaired) electrons. The van der Waals surface area contributed by atoms with Gasteiger partial charge in [0.15, 0.2) is 11.5 Å². The summed E-state index contributed by atoms with van der Waals surface area (Å²) in [5.41, 5.74) is 4.55. The molecule has 0 spiro atoms. The third kappa shape index (κ3) is 3.70. The lowest BCUT2D eigenvalue weighted by molar-refractivity contribution is -0.134. The lowest BCUT2D eigenvalue weighted by Gasteiger charge is -2.25. The van der Waals surface area contributed by atoms with E-state index in [1.54, 1.807) is 30.3 Å². The van der Waals surface area contributed by atoms with Crippen LogP contribution in [0.3, 0.4) is 0 Å². The number of benzene rings is 1. The molecule has 0 aliphatic carbocycles. The van der Waals surface area contributed by atoms with Gasteiger partial charge in [-0.1, -0.05) is 12.1 Å². The van der Waals surface area contributed by atoms with Crippen LogP contribution in [0, 0.1) is 0 Å². The summed E-state index contributed by atoms with van der Waals surface area (Å²) in [6.45, 7) is 0.0704.